The molecule has 0 unspecified atom stereocenters. The summed E-state index contributed by atoms with van der Waals surface area (Å²) in [6.45, 7) is 0.349. The Balaban J connectivity index is 1.75. The van der Waals surface area contributed by atoms with E-state index in [1.54, 1.807) is 34.9 Å². The van der Waals surface area contributed by atoms with Crippen molar-refractivity contribution < 1.29 is 14.6 Å². The Morgan fingerprint density at radius 2 is 1.73 bits per heavy atom. The van der Waals surface area contributed by atoms with Crippen molar-refractivity contribution in [1.29, 1.82) is 0 Å². The van der Waals surface area contributed by atoms with Gasteiger partial charge in [0.25, 0.3) is 5.91 Å². The van der Waals surface area contributed by atoms with Crippen LogP contribution in [0.3, 0.4) is 0 Å². The third-order valence-electron chi connectivity index (χ3n) is 4.78. The van der Waals surface area contributed by atoms with Gasteiger partial charge in [0.15, 0.2) is 5.69 Å². The molecule has 0 saturated carbocycles. The van der Waals surface area contributed by atoms with Gasteiger partial charge in [0.1, 0.15) is 5.75 Å². The molecule has 4 aromatic rings. The lowest BCUT2D eigenvalue weighted by Gasteiger charge is -2.08. The number of ether oxygens (including phenoxy) is 1. The molecule has 0 aliphatic rings. The first-order valence-electron chi connectivity index (χ1n) is 9.23. The Morgan fingerprint density at radius 3 is 2.53 bits per heavy atom. The molecule has 4 rings (SSSR count). The maximum atomic E-state index is 12.5. The maximum Gasteiger partial charge on any atom is 0.299 e. The lowest BCUT2D eigenvalue weighted by atomic mass is 10.2. The molecule has 1 amide bonds. The summed E-state index contributed by atoms with van der Waals surface area (Å²) in [5.41, 5.74) is 2.13. The van der Waals surface area contributed by atoms with Crippen LogP contribution in [0.4, 0.5) is 5.69 Å². The summed E-state index contributed by atoms with van der Waals surface area (Å²) in [6.07, 6.45) is 0. The zero-order chi connectivity index (χ0) is 21.1. The number of carbonyl (C=O) groups excluding carboxylic acids is 1. The van der Waals surface area contributed by atoms with Crippen molar-refractivity contribution in [3.05, 3.63) is 88.9 Å². The summed E-state index contributed by atoms with van der Waals surface area (Å²) in [7, 11) is 1.48. The largest absolute Gasteiger partial charge is 0.496 e. The minimum atomic E-state index is -0.560. The van der Waals surface area contributed by atoms with Crippen LogP contribution in [0.2, 0.25) is 5.02 Å². The Labute approximate surface area is 178 Å². The number of azo groups is 1. The molecule has 0 atom stereocenters. The van der Waals surface area contributed by atoms with E-state index in [0.29, 0.717) is 28.3 Å². The molecule has 30 heavy (non-hydrogen) atoms. The first-order chi connectivity index (χ1) is 14.6. The fourth-order valence-corrected chi connectivity index (χ4v) is 3.49. The maximum absolute atomic E-state index is 12.5. The molecule has 0 fully saturated rings. The van der Waals surface area contributed by atoms with E-state index in [1.165, 1.54) is 7.11 Å². The van der Waals surface area contributed by atoms with E-state index < -0.39 is 5.91 Å². The number of hydrogen-bond acceptors (Lipinski definition) is 4. The number of aromatic hydroxyl groups is 1. The summed E-state index contributed by atoms with van der Waals surface area (Å²) < 4.78 is 6.90. The molecule has 0 aliphatic carbocycles. The Kier molecular flexibility index (Phi) is 5.50. The summed E-state index contributed by atoms with van der Waals surface area (Å²) in [4.78, 5) is 12.5. The van der Waals surface area contributed by atoms with Gasteiger partial charge in [-0.15, -0.1) is 10.2 Å². The smallest absolute Gasteiger partial charge is 0.299 e. The molecule has 0 saturated heterocycles. The predicted molar refractivity (Wildman–Crippen MR) is 116 cm³/mol. The molecule has 0 spiro atoms. The Hall–Kier alpha value is -3.64. The van der Waals surface area contributed by atoms with Crippen molar-refractivity contribution in [2.45, 2.75) is 6.54 Å². The van der Waals surface area contributed by atoms with Gasteiger partial charge in [-0.25, -0.2) is 0 Å². The number of halogens is 1. The third-order valence-corrected chi connectivity index (χ3v) is 5.15. The number of para-hydroxylation sites is 2. The third kappa shape index (κ3) is 3.65. The lowest BCUT2D eigenvalue weighted by Crippen LogP contribution is -1.99. The molecular weight excluding hydrogens is 402 g/mol. The second-order valence-corrected chi connectivity index (χ2v) is 6.98. The molecule has 1 heterocycles. The van der Waals surface area contributed by atoms with E-state index in [0.717, 1.165) is 11.1 Å². The molecule has 0 bridgehead atoms. The highest BCUT2D eigenvalue weighted by atomic mass is 35.5. The van der Waals surface area contributed by atoms with E-state index >= 15 is 0 Å². The van der Waals surface area contributed by atoms with Gasteiger partial charge in [0.2, 0.25) is 5.88 Å². The first kappa shape index (κ1) is 19.7. The normalized spacial score (nSPS) is 11.3. The van der Waals surface area contributed by atoms with Gasteiger partial charge in [0.05, 0.1) is 24.7 Å². The molecule has 150 valence electrons. The van der Waals surface area contributed by atoms with Gasteiger partial charge in [-0.05, 0) is 29.8 Å². The molecule has 0 aliphatic heterocycles. The van der Waals surface area contributed by atoms with Gasteiger partial charge in [-0.1, -0.05) is 60.1 Å². The summed E-state index contributed by atoms with van der Waals surface area (Å²) >= 11 is 6.29. The first-order valence-corrected chi connectivity index (χ1v) is 9.60. The van der Waals surface area contributed by atoms with Crippen LogP contribution in [-0.2, 0) is 6.54 Å². The highest BCUT2D eigenvalue weighted by Crippen LogP contribution is 2.39. The van der Waals surface area contributed by atoms with Gasteiger partial charge < -0.3 is 14.4 Å². The minimum absolute atomic E-state index is 0.0901. The predicted octanol–water partition coefficient (Wildman–Crippen LogP) is 5.98. The molecule has 6 nitrogen and oxygen atoms in total. The second-order valence-electron chi connectivity index (χ2n) is 6.57. The van der Waals surface area contributed by atoms with Crippen molar-refractivity contribution in [2.24, 2.45) is 10.2 Å². The van der Waals surface area contributed by atoms with Gasteiger partial charge in [-0.2, -0.15) is 0 Å². The highest BCUT2D eigenvalue weighted by Gasteiger charge is 2.18. The van der Waals surface area contributed by atoms with Gasteiger partial charge in [0, 0.05) is 10.4 Å². The van der Waals surface area contributed by atoms with E-state index in [4.69, 9.17) is 16.3 Å². The summed E-state index contributed by atoms with van der Waals surface area (Å²) in [5.74, 6) is -0.241. The van der Waals surface area contributed by atoms with E-state index in [2.05, 4.69) is 10.2 Å². The highest BCUT2D eigenvalue weighted by molar-refractivity contribution is 6.31. The fraction of sp³-hybridized carbons (Fsp3) is 0.0870. The van der Waals surface area contributed by atoms with Crippen molar-refractivity contribution >= 4 is 34.1 Å². The molecule has 1 aromatic heterocycles. The molecule has 0 radical (unpaired) electrons. The van der Waals surface area contributed by atoms with E-state index in [9.17, 15) is 9.90 Å². The number of methoxy groups -OCH3 is 1. The number of nitrogens with zero attached hydrogens (tertiary/aromatic N) is 3. The topological polar surface area (TPSA) is 76.2 Å². The monoisotopic (exact) mass is 419 g/mol. The van der Waals surface area contributed by atoms with Crippen LogP contribution in [0, 0.1) is 0 Å². The average molecular weight is 420 g/mol. The van der Waals surface area contributed by atoms with Crippen LogP contribution < -0.4 is 4.74 Å². The molecular formula is C23H18ClN3O3. The summed E-state index contributed by atoms with van der Waals surface area (Å²) in [5, 5.41) is 20.1. The quantitative estimate of drug-likeness (QED) is 0.404. The zero-order valence-corrected chi connectivity index (χ0v) is 16.9. The van der Waals surface area contributed by atoms with Crippen LogP contribution in [0.5, 0.6) is 11.6 Å². The van der Waals surface area contributed by atoms with Crippen LogP contribution >= 0.6 is 11.6 Å². The fourth-order valence-electron chi connectivity index (χ4n) is 3.30. The minimum Gasteiger partial charge on any atom is -0.496 e. The van der Waals surface area contributed by atoms with Gasteiger partial charge >= 0.3 is 0 Å². The molecule has 1 N–H and O–H groups in total. The standard InChI is InChI=1S/C23H18ClN3O3/c1-30-20-13-7-4-10-17(20)22(28)26-25-21-16-9-3-6-12-19(16)27(23(21)29)14-15-8-2-5-11-18(15)24/h2-13,29H,14H2,1H3. The van der Waals surface area contributed by atoms with E-state index in [-0.39, 0.29) is 11.6 Å². The van der Waals surface area contributed by atoms with Crippen molar-refractivity contribution in [3.63, 3.8) is 0 Å². The van der Waals surface area contributed by atoms with Crippen LogP contribution in [0.25, 0.3) is 10.9 Å². The van der Waals surface area contributed by atoms with Crippen LogP contribution in [0.15, 0.2) is 83.0 Å². The number of fused-ring (bicyclic) bond motifs is 1. The van der Waals surface area contributed by atoms with Crippen molar-refractivity contribution in [3.8, 4) is 11.6 Å². The number of aromatic nitrogens is 1. The Morgan fingerprint density at radius 1 is 1.03 bits per heavy atom. The number of hydrogen-bond donors (Lipinski definition) is 1. The number of benzene rings is 3. The Bertz CT molecular complexity index is 1260. The second kappa shape index (κ2) is 8.39. The molecule has 3 aromatic carbocycles. The van der Waals surface area contributed by atoms with Gasteiger partial charge in [-0.3, -0.25) is 4.79 Å². The van der Waals surface area contributed by atoms with Crippen molar-refractivity contribution in [2.75, 3.05) is 7.11 Å². The SMILES string of the molecule is COc1ccccc1C(=O)N=Nc1c(O)n(Cc2ccccc2Cl)c2ccccc12. The molecule has 7 heteroatoms. The number of carbonyl (C=O) groups is 1. The zero-order valence-electron chi connectivity index (χ0n) is 16.1. The van der Waals surface area contributed by atoms with E-state index in [1.807, 2.05) is 42.5 Å². The number of amides is 1. The number of rotatable bonds is 5. The summed E-state index contributed by atoms with van der Waals surface area (Å²) in [6, 6.07) is 21.6. The van der Waals surface area contributed by atoms with Crippen LogP contribution in [0.1, 0.15) is 15.9 Å². The van der Waals surface area contributed by atoms with Crippen LogP contribution in [-0.4, -0.2) is 22.7 Å². The van der Waals surface area contributed by atoms with Crippen molar-refractivity contribution in [1.82, 2.24) is 4.57 Å². The average Bonchev–Trinajstić information content (AvgIpc) is 3.04. The lowest BCUT2D eigenvalue weighted by molar-refractivity contribution is 0.0992.